The van der Waals surface area contributed by atoms with Crippen LogP contribution < -0.4 is 0 Å². The Bertz CT molecular complexity index is 517. The van der Waals surface area contributed by atoms with Crippen molar-refractivity contribution in [2.75, 3.05) is 0 Å². The van der Waals surface area contributed by atoms with Gasteiger partial charge in [-0.2, -0.15) is 0 Å². The molecule has 0 saturated heterocycles. The van der Waals surface area contributed by atoms with Crippen LogP contribution in [0.4, 0.5) is 0 Å². The normalized spacial score (nSPS) is 51.4. The molecule has 2 heteroatoms. The molecule has 0 spiro atoms. The zero-order valence-corrected chi connectivity index (χ0v) is 15.1. The molecule has 0 aromatic rings. The van der Waals surface area contributed by atoms with Crippen molar-refractivity contribution in [3.8, 4) is 0 Å². The number of fused-ring (bicyclic) bond motifs is 5. The first-order chi connectivity index (χ1) is 10.8. The first kappa shape index (κ1) is 16.1. The Morgan fingerprint density at radius 2 is 1.96 bits per heavy atom. The molecule has 0 radical (unpaired) electrons. The molecule has 4 rings (SSSR count). The van der Waals surface area contributed by atoms with Crippen molar-refractivity contribution in [2.45, 2.75) is 84.3 Å². The lowest BCUT2D eigenvalue weighted by atomic mass is 9.47. The molecular formula is C21H34O2. The second-order valence-corrected chi connectivity index (χ2v) is 9.61. The summed E-state index contributed by atoms with van der Waals surface area (Å²) in [5.74, 6) is -0.138. The van der Waals surface area contributed by atoms with Crippen molar-refractivity contribution in [1.29, 1.82) is 0 Å². The fourth-order valence-electron chi connectivity index (χ4n) is 7.50. The van der Waals surface area contributed by atoms with Gasteiger partial charge in [0.05, 0.1) is 0 Å². The van der Waals surface area contributed by atoms with E-state index in [4.69, 9.17) is 0 Å². The van der Waals surface area contributed by atoms with Crippen LogP contribution in [0, 0.1) is 34.5 Å². The standard InChI is InChI=1S/C21H34O2/c1-4-14-13-19(2)12-10-17-16(18(19)21(14,22)23)9-8-15-7-5-6-11-20(15,17)3/h7,14,16-18,22-23H,4-6,8-13H2,1-3H3/t14?,16-,17+,18+,19-,20+/m1/s1. The highest BCUT2D eigenvalue weighted by atomic mass is 16.5. The number of allylic oxidation sites excluding steroid dienone is 2. The van der Waals surface area contributed by atoms with Gasteiger partial charge in [0, 0.05) is 11.8 Å². The maximum atomic E-state index is 11.1. The van der Waals surface area contributed by atoms with Gasteiger partial charge in [-0.05, 0) is 80.5 Å². The van der Waals surface area contributed by atoms with Crippen LogP contribution in [-0.4, -0.2) is 16.0 Å². The molecule has 3 saturated carbocycles. The molecule has 6 atom stereocenters. The molecule has 0 bridgehead atoms. The highest BCUT2D eigenvalue weighted by molar-refractivity contribution is 5.24. The van der Waals surface area contributed by atoms with Gasteiger partial charge >= 0.3 is 0 Å². The third-order valence-corrected chi connectivity index (χ3v) is 8.58. The average molecular weight is 319 g/mol. The second-order valence-electron chi connectivity index (χ2n) is 9.61. The molecule has 0 aliphatic heterocycles. The summed E-state index contributed by atoms with van der Waals surface area (Å²) >= 11 is 0. The average Bonchev–Trinajstić information content (AvgIpc) is 2.72. The summed E-state index contributed by atoms with van der Waals surface area (Å²) in [5.41, 5.74) is 2.17. The van der Waals surface area contributed by atoms with Crippen molar-refractivity contribution >= 4 is 0 Å². The first-order valence-electron chi connectivity index (χ1n) is 9.97. The lowest BCUT2D eigenvalue weighted by molar-refractivity contribution is -0.251. The lowest BCUT2D eigenvalue weighted by Crippen LogP contribution is -2.55. The van der Waals surface area contributed by atoms with Crippen molar-refractivity contribution < 1.29 is 10.2 Å². The molecule has 0 heterocycles. The van der Waals surface area contributed by atoms with E-state index >= 15 is 0 Å². The van der Waals surface area contributed by atoms with Crippen LogP contribution in [0.5, 0.6) is 0 Å². The Morgan fingerprint density at radius 1 is 1.17 bits per heavy atom. The van der Waals surface area contributed by atoms with Gasteiger partial charge in [-0.3, -0.25) is 0 Å². The predicted molar refractivity (Wildman–Crippen MR) is 92.7 cm³/mol. The van der Waals surface area contributed by atoms with Crippen molar-refractivity contribution in [2.24, 2.45) is 34.5 Å². The second kappa shape index (κ2) is 5.08. The van der Waals surface area contributed by atoms with E-state index in [0.29, 0.717) is 17.3 Å². The maximum Gasteiger partial charge on any atom is 0.169 e. The quantitative estimate of drug-likeness (QED) is 0.545. The molecule has 23 heavy (non-hydrogen) atoms. The molecule has 0 aromatic heterocycles. The van der Waals surface area contributed by atoms with Gasteiger partial charge in [0.2, 0.25) is 0 Å². The number of rotatable bonds is 1. The van der Waals surface area contributed by atoms with Crippen LogP contribution in [0.15, 0.2) is 11.6 Å². The van der Waals surface area contributed by atoms with Crippen molar-refractivity contribution in [3.05, 3.63) is 11.6 Å². The lowest BCUT2D eigenvalue weighted by Gasteiger charge is -2.58. The zero-order chi connectivity index (χ0) is 16.5. The smallest absolute Gasteiger partial charge is 0.169 e. The highest BCUT2D eigenvalue weighted by Crippen LogP contribution is 2.68. The third kappa shape index (κ3) is 2.07. The van der Waals surface area contributed by atoms with Gasteiger partial charge in [0.25, 0.3) is 0 Å². The van der Waals surface area contributed by atoms with Gasteiger partial charge in [0.15, 0.2) is 5.79 Å². The summed E-state index contributed by atoms with van der Waals surface area (Å²) in [4.78, 5) is 0. The molecule has 130 valence electrons. The molecule has 2 nitrogen and oxygen atoms in total. The maximum absolute atomic E-state index is 11.1. The Hall–Kier alpha value is -0.340. The van der Waals surface area contributed by atoms with E-state index < -0.39 is 5.79 Å². The van der Waals surface area contributed by atoms with E-state index in [9.17, 15) is 10.2 Å². The Labute approximate surface area is 141 Å². The van der Waals surface area contributed by atoms with Crippen molar-refractivity contribution in [1.82, 2.24) is 0 Å². The molecule has 4 aliphatic rings. The Kier molecular flexibility index (Phi) is 3.57. The number of hydrogen-bond donors (Lipinski definition) is 2. The minimum atomic E-state index is -1.45. The summed E-state index contributed by atoms with van der Waals surface area (Å²) in [6, 6.07) is 0. The minimum absolute atomic E-state index is 0.0624. The fourth-order valence-corrected chi connectivity index (χ4v) is 7.50. The summed E-state index contributed by atoms with van der Waals surface area (Å²) < 4.78 is 0. The van der Waals surface area contributed by atoms with E-state index in [1.54, 1.807) is 5.57 Å². The van der Waals surface area contributed by atoms with Gasteiger partial charge < -0.3 is 10.2 Å². The molecular weight excluding hydrogens is 284 g/mol. The summed E-state index contributed by atoms with van der Waals surface area (Å²) in [6.07, 6.45) is 13.1. The van der Waals surface area contributed by atoms with Crippen LogP contribution in [0.3, 0.4) is 0 Å². The molecule has 4 aliphatic carbocycles. The third-order valence-electron chi connectivity index (χ3n) is 8.58. The van der Waals surface area contributed by atoms with Crippen LogP contribution in [0.1, 0.15) is 78.6 Å². The van der Waals surface area contributed by atoms with E-state index in [2.05, 4.69) is 26.8 Å². The van der Waals surface area contributed by atoms with E-state index in [1.165, 1.54) is 44.9 Å². The van der Waals surface area contributed by atoms with Gasteiger partial charge in [-0.25, -0.2) is 0 Å². The number of hydrogen-bond acceptors (Lipinski definition) is 2. The molecule has 0 amide bonds. The number of aliphatic hydroxyl groups is 2. The van der Waals surface area contributed by atoms with Crippen LogP contribution >= 0.6 is 0 Å². The summed E-state index contributed by atoms with van der Waals surface area (Å²) in [6.45, 7) is 6.95. The zero-order valence-electron chi connectivity index (χ0n) is 15.1. The van der Waals surface area contributed by atoms with E-state index in [0.717, 1.165) is 12.8 Å². The minimum Gasteiger partial charge on any atom is -0.365 e. The molecule has 3 fully saturated rings. The van der Waals surface area contributed by atoms with Crippen LogP contribution in [0.25, 0.3) is 0 Å². The van der Waals surface area contributed by atoms with Gasteiger partial charge in [-0.15, -0.1) is 0 Å². The van der Waals surface area contributed by atoms with Crippen molar-refractivity contribution in [3.63, 3.8) is 0 Å². The summed E-state index contributed by atoms with van der Waals surface area (Å²) in [5, 5.41) is 22.1. The largest absolute Gasteiger partial charge is 0.365 e. The Balaban J connectivity index is 1.73. The predicted octanol–water partition coefficient (Wildman–Crippen LogP) is 4.66. The van der Waals surface area contributed by atoms with Crippen LogP contribution in [0.2, 0.25) is 0 Å². The highest BCUT2D eigenvalue weighted by Gasteiger charge is 2.65. The van der Waals surface area contributed by atoms with Crippen LogP contribution in [-0.2, 0) is 0 Å². The molecule has 1 unspecified atom stereocenters. The van der Waals surface area contributed by atoms with Gasteiger partial charge in [-0.1, -0.05) is 32.4 Å². The summed E-state index contributed by atoms with van der Waals surface area (Å²) in [7, 11) is 0. The monoisotopic (exact) mass is 318 g/mol. The van der Waals surface area contributed by atoms with E-state index in [1.807, 2.05) is 0 Å². The molecule has 2 N–H and O–H groups in total. The SMILES string of the molecule is CCC1C[C@@]2(C)CC[C@H]3[C@@H](CCC4=CCCC[C@@]43C)[C@@H]2C1(O)O. The van der Waals surface area contributed by atoms with E-state index in [-0.39, 0.29) is 17.3 Å². The molecule has 0 aromatic carbocycles. The van der Waals surface area contributed by atoms with Gasteiger partial charge in [0.1, 0.15) is 0 Å². The first-order valence-corrected chi connectivity index (χ1v) is 9.97. The topological polar surface area (TPSA) is 40.5 Å². The fraction of sp³-hybridized carbons (Fsp3) is 0.905. The Morgan fingerprint density at radius 3 is 2.70 bits per heavy atom.